The normalized spacial score (nSPS) is 16.8. The number of nitrogens with zero attached hydrogens (tertiary/aromatic N) is 4. The van der Waals surface area contributed by atoms with E-state index in [1.165, 1.54) is 28.5 Å². The van der Waals surface area contributed by atoms with Crippen molar-refractivity contribution < 1.29 is 4.79 Å². The van der Waals surface area contributed by atoms with E-state index in [0.717, 1.165) is 48.9 Å². The molecule has 5 nitrogen and oxygen atoms in total. The number of hydrogen-bond donors (Lipinski definition) is 0. The number of hydrogen-bond acceptors (Lipinski definition) is 3. The molecule has 0 radical (unpaired) electrons. The zero-order valence-electron chi connectivity index (χ0n) is 18.2. The fourth-order valence-electron chi connectivity index (χ4n) is 4.88. The monoisotopic (exact) mass is 412 g/mol. The smallest absolute Gasteiger partial charge is 0.219 e. The van der Waals surface area contributed by atoms with Crippen molar-refractivity contribution in [2.24, 2.45) is 13.0 Å². The average Bonchev–Trinajstić information content (AvgIpc) is 3.17. The number of fused-ring (bicyclic) bond motifs is 2. The Morgan fingerprint density at radius 1 is 1.13 bits per heavy atom. The molecule has 2 aromatic heterocycles. The van der Waals surface area contributed by atoms with E-state index in [0.29, 0.717) is 5.92 Å². The number of piperidine rings is 1. The third-order valence-electron chi connectivity index (χ3n) is 6.64. The minimum Gasteiger partial charge on any atom is -0.351 e. The molecule has 0 N–H and O–H groups in total. The maximum Gasteiger partial charge on any atom is 0.219 e. The van der Waals surface area contributed by atoms with Gasteiger partial charge in [0.25, 0.3) is 0 Å². The number of rotatable bonds is 4. The van der Waals surface area contributed by atoms with Crippen LogP contribution in [0.1, 0.15) is 31.7 Å². The van der Waals surface area contributed by atoms with Gasteiger partial charge in [0.05, 0.1) is 11.0 Å². The SMILES string of the molecule is CC(=O)N1CCC[C@H](CCc2cc(-c3ccc4ccn(C)c4c3)c3nccnc3c2)C1. The topological polar surface area (TPSA) is 51.0 Å². The number of amides is 1. The van der Waals surface area contributed by atoms with Gasteiger partial charge in [-0.3, -0.25) is 14.8 Å². The first-order valence-corrected chi connectivity index (χ1v) is 11.1. The molecule has 3 heterocycles. The molecule has 0 saturated carbocycles. The van der Waals surface area contributed by atoms with Crippen LogP contribution in [0.5, 0.6) is 0 Å². The summed E-state index contributed by atoms with van der Waals surface area (Å²) in [4.78, 5) is 23.0. The zero-order valence-corrected chi connectivity index (χ0v) is 18.2. The Labute approximate surface area is 182 Å². The van der Waals surface area contributed by atoms with Crippen molar-refractivity contribution in [1.82, 2.24) is 19.4 Å². The summed E-state index contributed by atoms with van der Waals surface area (Å²) in [6, 6.07) is 13.2. The van der Waals surface area contributed by atoms with Crippen LogP contribution < -0.4 is 0 Å². The van der Waals surface area contributed by atoms with Gasteiger partial charge >= 0.3 is 0 Å². The van der Waals surface area contributed by atoms with Crippen molar-refractivity contribution in [2.45, 2.75) is 32.6 Å². The fourth-order valence-corrected chi connectivity index (χ4v) is 4.88. The van der Waals surface area contributed by atoms with Gasteiger partial charge in [-0.1, -0.05) is 12.1 Å². The second-order valence-corrected chi connectivity index (χ2v) is 8.78. The number of aryl methyl sites for hydroxylation is 2. The van der Waals surface area contributed by atoms with Crippen LogP contribution in [0, 0.1) is 5.92 Å². The predicted octanol–water partition coefficient (Wildman–Crippen LogP) is 4.98. The number of benzene rings is 2. The highest BCUT2D eigenvalue weighted by molar-refractivity contribution is 5.95. The summed E-state index contributed by atoms with van der Waals surface area (Å²) in [5.74, 6) is 0.766. The Morgan fingerprint density at radius 2 is 2.00 bits per heavy atom. The molecule has 31 heavy (non-hydrogen) atoms. The summed E-state index contributed by atoms with van der Waals surface area (Å²) in [5, 5.41) is 1.24. The fraction of sp³-hybridized carbons (Fsp3) is 0.346. The Kier molecular flexibility index (Phi) is 5.18. The molecule has 1 aliphatic rings. The van der Waals surface area contributed by atoms with Crippen molar-refractivity contribution >= 4 is 27.8 Å². The van der Waals surface area contributed by atoms with Gasteiger partial charge in [-0.25, -0.2) is 0 Å². The molecule has 5 heteroatoms. The Balaban J connectivity index is 1.47. The molecule has 0 aliphatic carbocycles. The van der Waals surface area contributed by atoms with Crippen molar-refractivity contribution in [3.8, 4) is 11.1 Å². The predicted molar refractivity (Wildman–Crippen MR) is 125 cm³/mol. The van der Waals surface area contributed by atoms with Gasteiger partial charge in [-0.15, -0.1) is 0 Å². The molecule has 1 aliphatic heterocycles. The molecule has 1 amide bonds. The van der Waals surface area contributed by atoms with Crippen molar-refractivity contribution in [2.75, 3.05) is 13.1 Å². The third kappa shape index (κ3) is 3.92. The lowest BCUT2D eigenvalue weighted by atomic mass is 9.90. The van der Waals surface area contributed by atoms with E-state index >= 15 is 0 Å². The lowest BCUT2D eigenvalue weighted by molar-refractivity contribution is -0.130. The summed E-state index contributed by atoms with van der Waals surface area (Å²) in [5.41, 5.74) is 6.69. The van der Waals surface area contributed by atoms with Crippen LogP contribution in [0.4, 0.5) is 0 Å². The number of carbonyl (C=O) groups excluding carboxylic acids is 1. The highest BCUT2D eigenvalue weighted by atomic mass is 16.2. The Morgan fingerprint density at radius 3 is 2.87 bits per heavy atom. The molecule has 1 saturated heterocycles. The summed E-state index contributed by atoms with van der Waals surface area (Å²) in [6.45, 7) is 3.48. The van der Waals surface area contributed by atoms with Crippen molar-refractivity contribution in [1.29, 1.82) is 0 Å². The first-order valence-electron chi connectivity index (χ1n) is 11.1. The summed E-state index contributed by atoms with van der Waals surface area (Å²) in [6.07, 6.45) is 10.0. The van der Waals surface area contributed by atoms with E-state index in [-0.39, 0.29) is 5.91 Å². The van der Waals surface area contributed by atoms with Crippen LogP contribution in [0.3, 0.4) is 0 Å². The average molecular weight is 413 g/mol. The van der Waals surface area contributed by atoms with Gasteiger partial charge in [0.2, 0.25) is 5.91 Å². The number of carbonyl (C=O) groups is 1. The van der Waals surface area contributed by atoms with E-state index in [9.17, 15) is 4.79 Å². The molecule has 4 aromatic rings. The minimum atomic E-state index is 0.198. The molecule has 0 spiro atoms. The zero-order chi connectivity index (χ0) is 21.4. The van der Waals surface area contributed by atoms with Gasteiger partial charge in [-0.2, -0.15) is 0 Å². The molecular weight excluding hydrogens is 384 g/mol. The first-order chi connectivity index (χ1) is 15.1. The van der Waals surface area contributed by atoms with E-state index < -0.39 is 0 Å². The lowest BCUT2D eigenvalue weighted by Crippen LogP contribution is -2.38. The van der Waals surface area contributed by atoms with Gasteiger partial charge in [0.1, 0.15) is 0 Å². The molecular formula is C26H28N4O. The Hall–Kier alpha value is -3.21. The van der Waals surface area contributed by atoms with E-state index in [2.05, 4.69) is 64.2 Å². The van der Waals surface area contributed by atoms with Crippen LogP contribution in [0.25, 0.3) is 33.1 Å². The van der Waals surface area contributed by atoms with Gasteiger partial charge in [0.15, 0.2) is 0 Å². The lowest BCUT2D eigenvalue weighted by Gasteiger charge is -2.32. The maximum atomic E-state index is 11.8. The molecule has 2 aromatic carbocycles. The molecule has 0 unspecified atom stereocenters. The highest BCUT2D eigenvalue weighted by Crippen LogP contribution is 2.31. The molecule has 1 fully saturated rings. The van der Waals surface area contributed by atoms with Crippen LogP contribution in [0.15, 0.2) is 55.0 Å². The van der Waals surface area contributed by atoms with Crippen molar-refractivity contribution in [3.63, 3.8) is 0 Å². The van der Waals surface area contributed by atoms with E-state index in [4.69, 9.17) is 0 Å². The van der Waals surface area contributed by atoms with Gasteiger partial charge in [-0.05, 0) is 72.4 Å². The quantitative estimate of drug-likeness (QED) is 0.475. The summed E-state index contributed by atoms with van der Waals surface area (Å²) >= 11 is 0. The van der Waals surface area contributed by atoms with Crippen LogP contribution >= 0.6 is 0 Å². The molecule has 158 valence electrons. The summed E-state index contributed by atoms with van der Waals surface area (Å²) < 4.78 is 2.15. The number of likely N-dealkylation sites (tertiary alicyclic amines) is 1. The maximum absolute atomic E-state index is 11.8. The van der Waals surface area contributed by atoms with Crippen molar-refractivity contribution in [3.05, 3.63) is 60.6 Å². The van der Waals surface area contributed by atoms with Crippen LogP contribution in [-0.4, -0.2) is 38.4 Å². The second kappa shape index (κ2) is 8.14. The summed E-state index contributed by atoms with van der Waals surface area (Å²) in [7, 11) is 2.08. The second-order valence-electron chi connectivity index (χ2n) is 8.78. The molecule has 0 bridgehead atoms. The minimum absolute atomic E-state index is 0.198. The highest BCUT2D eigenvalue weighted by Gasteiger charge is 2.21. The largest absolute Gasteiger partial charge is 0.351 e. The molecule has 5 rings (SSSR count). The number of aromatic nitrogens is 3. The van der Waals surface area contributed by atoms with Crippen LogP contribution in [-0.2, 0) is 18.3 Å². The van der Waals surface area contributed by atoms with E-state index in [1.54, 1.807) is 19.3 Å². The van der Waals surface area contributed by atoms with E-state index in [1.807, 2.05) is 4.90 Å². The van der Waals surface area contributed by atoms with Gasteiger partial charge in [0, 0.05) is 56.7 Å². The molecule has 1 atom stereocenters. The standard InChI is InChI=1S/C26H28N4O/c1-18(31)30-12-3-4-19(17-30)5-6-20-14-23(26-24(15-20)27-10-11-28-26)22-8-7-21-9-13-29(2)25(21)16-22/h7-11,13-16,19H,3-6,12,17H2,1-2H3/t19-/m1/s1. The van der Waals surface area contributed by atoms with Gasteiger partial charge < -0.3 is 9.47 Å². The first kappa shape index (κ1) is 19.7. The third-order valence-corrected chi connectivity index (χ3v) is 6.64. The van der Waals surface area contributed by atoms with Crippen LogP contribution in [0.2, 0.25) is 0 Å². The Bertz CT molecular complexity index is 1260.